The van der Waals surface area contributed by atoms with Gasteiger partial charge >= 0.3 is 0 Å². The molecule has 1 atom stereocenters. The van der Waals surface area contributed by atoms with E-state index in [9.17, 15) is 0 Å². The van der Waals surface area contributed by atoms with Crippen molar-refractivity contribution in [3.05, 3.63) is 47.5 Å². The zero-order chi connectivity index (χ0) is 13.8. The van der Waals surface area contributed by atoms with Crippen LogP contribution in [0.3, 0.4) is 0 Å². The maximum Gasteiger partial charge on any atom is 0.0796 e. The summed E-state index contributed by atoms with van der Waals surface area (Å²) in [5.41, 5.74) is 3.40. The van der Waals surface area contributed by atoms with Gasteiger partial charge in [-0.15, -0.1) is 0 Å². The summed E-state index contributed by atoms with van der Waals surface area (Å²) in [6.07, 6.45) is 6.68. The van der Waals surface area contributed by atoms with Crippen molar-refractivity contribution < 1.29 is 5.11 Å². The molecule has 2 aromatic rings. The van der Waals surface area contributed by atoms with Gasteiger partial charge in [-0.25, -0.2) is 0 Å². The normalized spacial score (nSPS) is 19.6. The number of likely N-dealkylation sites (tertiary alicyclic amines) is 1. The van der Waals surface area contributed by atoms with Crippen molar-refractivity contribution in [1.82, 2.24) is 20.1 Å². The number of aromatic nitrogens is 3. The third-order valence-electron chi connectivity index (χ3n) is 3.87. The molecule has 1 fully saturated rings. The van der Waals surface area contributed by atoms with Crippen LogP contribution in [0.5, 0.6) is 0 Å². The Morgan fingerprint density at radius 3 is 3.00 bits per heavy atom. The van der Waals surface area contributed by atoms with E-state index < -0.39 is 0 Å². The molecule has 3 rings (SSSR count). The standard InChI is InChI=1S/C15H20N4O/c20-9-5-13-10-14(18-17-13)15-2-1-8-19(15)11-12-3-6-16-7-4-12/h3-4,6-7,10,15,20H,1-2,5,8-9,11H2,(H,17,18). The average Bonchev–Trinajstić information content (AvgIpc) is 3.09. The first-order chi connectivity index (χ1) is 9.86. The Hall–Kier alpha value is -1.72. The zero-order valence-corrected chi connectivity index (χ0v) is 11.5. The van der Waals surface area contributed by atoms with E-state index in [0.717, 1.165) is 30.9 Å². The summed E-state index contributed by atoms with van der Waals surface area (Å²) in [5.74, 6) is 0. The van der Waals surface area contributed by atoms with Crippen LogP contribution in [0.2, 0.25) is 0 Å². The highest BCUT2D eigenvalue weighted by atomic mass is 16.3. The Morgan fingerprint density at radius 1 is 1.35 bits per heavy atom. The maximum absolute atomic E-state index is 8.98. The van der Waals surface area contributed by atoms with E-state index in [1.54, 1.807) is 0 Å². The van der Waals surface area contributed by atoms with Crippen molar-refractivity contribution in [2.45, 2.75) is 31.8 Å². The molecule has 1 saturated heterocycles. The number of hydrogen-bond donors (Lipinski definition) is 2. The number of aliphatic hydroxyl groups excluding tert-OH is 1. The summed E-state index contributed by atoms with van der Waals surface area (Å²) in [6.45, 7) is 2.21. The Kier molecular flexibility index (Phi) is 4.08. The van der Waals surface area contributed by atoms with Gasteiger partial charge in [0.15, 0.2) is 0 Å². The Morgan fingerprint density at radius 2 is 2.20 bits per heavy atom. The SMILES string of the molecule is OCCc1cc(C2CCCN2Cc2ccncc2)n[nH]1. The summed E-state index contributed by atoms with van der Waals surface area (Å²) >= 11 is 0. The van der Waals surface area contributed by atoms with Gasteiger partial charge in [0.1, 0.15) is 0 Å². The smallest absolute Gasteiger partial charge is 0.0796 e. The van der Waals surface area contributed by atoms with E-state index in [1.807, 2.05) is 12.4 Å². The number of hydrogen-bond acceptors (Lipinski definition) is 4. The lowest BCUT2D eigenvalue weighted by atomic mass is 10.1. The van der Waals surface area contributed by atoms with Crippen LogP contribution in [0.15, 0.2) is 30.6 Å². The zero-order valence-electron chi connectivity index (χ0n) is 11.5. The van der Waals surface area contributed by atoms with Crippen molar-refractivity contribution in [3.63, 3.8) is 0 Å². The molecular formula is C15H20N4O. The number of H-pyrrole nitrogens is 1. The molecule has 106 valence electrons. The van der Waals surface area contributed by atoms with Crippen LogP contribution < -0.4 is 0 Å². The second kappa shape index (κ2) is 6.15. The quantitative estimate of drug-likeness (QED) is 0.869. The molecule has 1 aliphatic rings. The van der Waals surface area contributed by atoms with E-state index >= 15 is 0 Å². The van der Waals surface area contributed by atoms with Crippen LogP contribution in [0.4, 0.5) is 0 Å². The molecule has 2 aromatic heterocycles. The van der Waals surface area contributed by atoms with Gasteiger partial charge in [-0.2, -0.15) is 5.10 Å². The highest BCUT2D eigenvalue weighted by Crippen LogP contribution is 2.32. The molecule has 0 bridgehead atoms. The number of nitrogens with zero attached hydrogens (tertiary/aromatic N) is 3. The number of rotatable bonds is 5. The molecule has 20 heavy (non-hydrogen) atoms. The highest BCUT2D eigenvalue weighted by molar-refractivity contribution is 5.16. The summed E-state index contributed by atoms with van der Waals surface area (Å²) in [4.78, 5) is 6.53. The van der Waals surface area contributed by atoms with Crippen LogP contribution in [-0.2, 0) is 13.0 Å². The first-order valence-corrected chi connectivity index (χ1v) is 7.15. The van der Waals surface area contributed by atoms with Crippen LogP contribution in [0.25, 0.3) is 0 Å². The maximum atomic E-state index is 8.98. The predicted molar refractivity (Wildman–Crippen MR) is 76.0 cm³/mol. The molecule has 0 spiro atoms. The number of aromatic amines is 1. The fourth-order valence-electron chi connectivity index (χ4n) is 2.87. The lowest BCUT2D eigenvalue weighted by molar-refractivity contribution is 0.244. The summed E-state index contributed by atoms with van der Waals surface area (Å²) in [6, 6.07) is 6.60. The van der Waals surface area contributed by atoms with Crippen LogP contribution in [-0.4, -0.2) is 38.3 Å². The average molecular weight is 272 g/mol. The summed E-state index contributed by atoms with van der Waals surface area (Å²) < 4.78 is 0. The first-order valence-electron chi connectivity index (χ1n) is 7.15. The van der Waals surface area contributed by atoms with Gasteiger partial charge in [0.05, 0.1) is 11.7 Å². The molecule has 5 heteroatoms. The van der Waals surface area contributed by atoms with Crippen LogP contribution in [0, 0.1) is 0 Å². The van der Waals surface area contributed by atoms with Crippen molar-refractivity contribution in [1.29, 1.82) is 0 Å². The second-order valence-corrected chi connectivity index (χ2v) is 5.28. The van der Waals surface area contributed by atoms with Gasteiger partial charge in [-0.3, -0.25) is 15.0 Å². The van der Waals surface area contributed by atoms with Gasteiger partial charge in [0, 0.05) is 37.7 Å². The van der Waals surface area contributed by atoms with E-state index in [4.69, 9.17) is 5.11 Å². The Bertz CT molecular complexity index is 540. The van der Waals surface area contributed by atoms with E-state index in [-0.39, 0.29) is 6.61 Å². The minimum atomic E-state index is 0.160. The minimum absolute atomic E-state index is 0.160. The number of nitrogens with one attached hydrogen (secondary N) is 1. The number of aliphatic hydroxyl groups is 1. The first kappa shape index (κ1) is 13.3. The molecule has 0 aromatic carbocycles. The van der Waals surface area contributed by atoms with Gasteiger partial charge in [0.25, 0.3) is 0 Å². The van der Waals surface area contributed by atoms with Gasteiger partial charge in [0.2, 0.25) is 0 Å². The van der Waals surface area contributed by atoms with E-state index in [2.05, 4.69) is 38.3 Å². The van der Waals surface area contributed by atoms with E-state index in [0.29, 0.717) is 12.5 Å². The number of pyridine rings is 1. The third-order valence-corrected chi connectivity index (χ3v) is 3.87. The van der Waals surface area contributed by atoms with Crippen molar-refractivity contribution in [2.24, 2.45) is 0 Å². The monoisotopic (exact) mass is 272 g/mol. The molecule has 1 unspecified atom stereocenters. The van der Waals surface area contributed by atoms with Gasteiger partial charge < -0.3 is 5.11 Å². The summed E-state index contributed by atoms with van der Waals surface area (Å²) in [7, 11) is 0. The second-order valence-electron chi connectivity index (χ2n) is 5.28. The Labute approximate surface area is 118 Å². The Balaban J connectivity index is 1.71. The fourth-order valence-corrected chi connectivity index (χ4v) is 2.87. The van der Waals surface area contributed by atoms with Gasteiger partial charge in [-0.1, -0.05) is 0 Å². The predicted octanol–water partition coefficient (Wildman–Crippen LogP) is 1.68. The molecule has 0 aliphatic carbocycles. The molecule has 5 nitrogen and oxygen atoms in total. The molecule has 1 aliphatic heterocycles. The molecule has 3 heterocycles. The van der Waals surface area contributed by atoms with Crippen molar-refractivity contribution in [2.75, 3.05) is 13.2 Å². The molecule has 0 radical (unpaired) electrons. The molecule has 0 amide bonds. The molecular weight excluding hydrogens is 252 g/mol. The minimum Gasteiger partial charge on any atom is -0.396 e. The largest absolute Gasteiger partial charge is 0.396 e. The fraction of sp³-hybridized carbons (Fsp3) is 0.467. The molecule has 2 N–H and O–H groups in total. The highest BCUT2D eigenvalue weighted by Gasteiger charge is 2.27. The van der Waals surface area contributed by atoms with Crippen LogP contribution >= 0.6 is 0 Å². The van der Waals surface area contributed by atoms with Gasteiger partial charge in [-0.05, 0) is 43.1 Å². The van der Waals surface area contributed by atoms with Crippen molar-refractivity contribution in [3.8, 4) is 0 Å². The molecule has 0 saturated carbocycles. The topological polar surface area (TPSA) is 65.0 Å². The lowest BCUT2D eigenvalue weighted by Gasteiger charge is -2.22. The van der Waals surface area contributed by atoms with Crippen molar-refractivity contribution >= 4 is 0 Å². The lowest BCUT2D eigenvalue weighted by Crippen LogP contribution is -2.23. The van der Waals surface area contributed by atoms with Crippen LogP contribution in [0.1, 0.15) is 35.8 Å². The third kappa shape index (κ3) is 2.89. The van der Waals surface area contributed by atoms with E-state index in [1.165, 1.54) is 12.0 Å². The summed E-state index contributed by atoms with van der Waals surface area (Å²) in [5, 5.41) is 16.4.